The second-order valence-electron chi connectivity index (χ2n) is 3.42. The minimum atomic E-state index is 0.466. The van der Waals surface area contributed by atoms with E-state index in [2.05, 4.69) is 6.58 Å². The predicted molar refractivity (Wildman–Crippen MR) is 63.3 cm³/mol. The molecule has 0 atom stereocenters. The Hall–Kier alpha value is -1.77. The minimum Gasteiger partial charge on any atom is -0.493 e. The van der Waals surface area contributed by atoms with Crippen molar-refractivity contribution in [2.24, 2.45) is 0 Å². The van der Waals surface area contributed by atoms with Crippen LogP contribution < -0.4 is 9.47 Å². The SMILES string of the molecule is C=C(CC)COc1ccc(C=O)cc1OC. The predicted octanol–water partition coefficient (Wildman–Crippen LogP) is 2.85. The molecule has 3 nitrogen and oxygen atoms in total. The maximum absolute atomic E-state index is 10.6. The van der Waals surface area contributed by atoms with E-state index in [-0.39, 0.29) is 0 Å². The molecular formula is C13H16O3. The van der Waals surface area contributed by atoms with E-state index in [0.29, 0.717) is 23.7 Å². The van der Waals surface area contributed by atoms with Gasteiger partial charge in [0.15, 0.2) is 11.5 Å². The zero-order valence-electron chi connectivity index (χ0n) is 9.66. The van der Waals surface area contributed by atoms with Gasteiger partial charge in [-0.1, -0.05) is 13.5 Å². The summed E-state index contributed by atoms with van der Waals surface area (Å²) in [6, 6.07) is 5.07. The van der Waals surface area contributed by atoms with Gasteiger partial charge in [0.25, 0.3) is 0 Å². The molecule has 0 heterocycles. The maximum atomic E-state index is 10.6. The van der Waals surface area contributed by atoms with E-state index in [1.54, 1.807) is 25.3 Å². The lowest BCUT2D eigenvalue weighted by atomic mass is 10.2. The number of carbonyl (C=O) groups excluding carboxylic acids is 1. The first-order valence-corrected chi connectivity index (χ1v) is 5.14. The monoisotopic (exact) mass is 220 g/mol. The Morgan fingerprint density at radius 3 is 2.75 bits per heavy atom. The molecule has 0 spiro atoms. The van der Waals surface area contributed by atoms with Crippen LogP contribution in [-0.4, -0.2) is 20.0 Å². The summed E-state index contributed by atoms with van der Waals surface area (Å²) in [6.45, 7) is 6.35. The van der Waals surface area contributed by atoms with Crippen LogP contribution in [0.15, 0.2) is 30.4 Å². The molecule has 0 N–H and O–H groups in total. The fourth-order valence-corrected chi connectivity index (χ4v) is 1.16. The van der Waals surface area contributed by atoms with Gasteiger partial charge in [-0.3, -0.25) is 4.79 Å². The molecule has 3 heteroatoms. The van der Waals surface area contributed by atoms with Crippen molar-refractivity contribution >= 4 is 6.29 Å². The normalized spacial score (nSPS) is 9.62. The van der Waals surface area contributed by atoms with Gasteiger partial charge in [-0.25, -0.2) is 0 Å². The Morgan fingerprint density at radius 2 is 2.19 bits per heavy atom. The van der Waals surface area contributed by atoms with Crippen molar-refractivity contribution in [2.45, 2.75) is 13.3 Å². The van der Waals surface area contributed by atoms with Crippen molar-refractivity contribution < 1.29 is 14.3 Å². The molecule has 0 aliphatic rings. The molecule has 1 rings (SSSR count). The van der Waals surface area contributed by atoms with Crippen molar-refractivity contribution in [3.8, 4) is 11.5 Å². The lowest BCUT2D eigenvalue weighted by Gasteiger charge is -2.11. The van der Waals surface area contributed by atoms with Gasteiger partial charge in [-0.15, -0.1) is 0 Å². The first-order chi connectivity index (χ1) is 7.71. The van der Waals surface area contributed by atoms with E-state index in [4.69, 9.17) is 9.47 Å². The van der Waals surface area contributed by atoms with E-state index in [0.717, 1.165) is 18.3 Å². The van der Waals surface area contributed by atoms with E-state index in [1.165, 1.54) is 0 Å². The second-order valence-corrected chi connectivity index (χ2v) is 3.42. The maximum Gasteiger partial charge on any atom is 0.161 e. The molecule has 0 aromatic heterocycles. The van der Waals surface area contributed by atoms with Gasteiger partial charge in [0.2, 0.25) is 0 Å². The Morgan fingerprint density at radius 1 is 1.44 bits per heavy atom. The summed E-state index contributed by atoms with van der Waals surface area (Å²) in [7, 11) is 1.55. The third kappa shape index (κ3) is 3.12. The first-order valence-electron chi connectivity index (χ1n) is 5.14. The highest BCUT2D eigenvalue weighted by Gasteiger charge is 2.05. The molecule has 0 fully saturated rings. The van der Waals surface area contributed by atoms with Gasteiger partial charge in [0, 0.05) is 5.56 Å². The summed E-state index contributed by atoms with van der Waals surface area (Å²) < 4.78 is 10.7. The minimum absolute atomic E-state index is 0.466. The zero-order chi connectivity index (χ0) is 12.0. The third-order valence-electron chi connectivity index (χ3n) is 2.26. The topological polar surface area (TPSA) is 35.5 Å². The van der Waals surface area contributed by atoms with Gasteiger partial charge in [-0.2, -0.15) is 0 Å². The number of aldehydes is 1. The third-order valence-corrected chi connectivity index (χ3v) is 2.26. The van der Waals surface area contributed by atoms with Crippen LogP contribution in [0.5, 0.6) is 11.5 Å². The van der Waals surface area contributed by atoms with E-state index in [1.807, 2.05) is 6.92 Å². The highest BCUT2D eigenvalue weighted by atomic mass is 16.5. The number of methoxy groups -OCH3 is 1. The number of carbonyl (C=O) groups is 1. The van der Waals surface area contributed by atoms with E-state index < -0.39 is 0 Å². The average molecular weight is 220 g/mol. The van der Waals surface area contributed by atoms with E-state index in [9.17, 15) is 4.79 Å². The zero-order valence-corrected chi connectivity index (χ0v) is 9.66. The van der Waals surface area contributed by atoms with Gasteiger partial charge in [0.1, 0.15) is 12.9 Å². The summed E-state index contributed by atoms with van der Waals surface area (Å²) in [4.78, 5) is 10.6. The summed E-state index contributed by atoms with van der Waals surface area (Å²) >= 11 is 0. The smallest absolute Gasteiger partial charge is 0.161 e. The van der Waals surface area contributed by atoms with Gasteiger partial charge in [-0.05, 0) is 30.2 Å². The van der Waals surface area contributed by atoms with Crippen molar-refractivity contribution in [1.82, 2.24) is 0 Å². The Bertz CT molecular complexity index is 383. The Kier molecular flexibility index (Phi) is 4.58. The number of ether oxygens (including phenoxy) is 2. The molecule has 0 bridgehead atoms. The summed E-state index contributed by atoms with van der Waals surface area (Å²) in [5.41, 5.74) is 1.58. The number of benzene rings is 1. The summed E-state index contributed by atoms with van der Waals surface area (Å²) in [6.07, 6.45) is 1.66. The average Bonchev–Trinajstić information content (AvgIpc) is 2.35. The van der Waals surface area contributed by atoms with Crippen molar-refractivity contribution in [1.29, 1.82) is 0 Å². The Balaban J connectivity index is 2.79. The Labute approximate surface area is 95.7 Å². The molecular weight excluding hydrogens is 204 g/mol. The summed E-state index contributed by atoms with van der Waals surface area (Å²) in [5, 5.41) is 0. The van der Waals surface area contributed by atoms with Crippen molar-refractivity contribution in [3.05, 3.63) is 35.9 Å². The van der Waals surface area contributed by atoms with Crippen LogP contribution in [0.25, 0.3) is 0 Å². The second kappa shape index (κ2) is 5.95. The molecule has 0 saturated heterocycles. The van der Waals surface area contributed by atoms with Crippen molar-refractivity contribution in [2.75, 3.05) is 13.7 Å². The fraction of sp³-hybridized carbons (Fsp3) is 0.308. The highest BCUT2D eigenvalue weighted by Crippen LogP contribution is 2.27. The summed E-state index contributed by atoms with van der Waals surface area (Å²) in [5.74, 6) is 1.19. The molecule has 1 aromatic rings. The van der Waals surface area contributed by atoms with Crippen LogP contribution in [0.1, 0.15) is 23.7 Å². The quantitative estimate of drug-likeness (QED) is 0.546. The molecule has 0 aliphatic carbocycles. The van der Waals surface area contributed by atoms with Crippen LogP contribution in [0.4, 0.5) is 0 Å². The number of hydrogen-bond acceptors (Lipinski definition) is 3. The molecule has 86 valence electrons. The van der Waals surface area contributed by atoms with Gasteiger partial charge >= 0.3 is 0 Å². The number of hydrogen-bond donors (Lipinski definition) is 0. The molecule has 1 aromatic carbocycles. The molecule has 0 amide bonds. The largest absolute Gasteiger partial charge is 0.493 e. The van der Waals surface area contributed by atoms with Crippen LogP contribution in [0.2, 0.25) is 0 Å². The molecule has 0 unspecified atom stereocenters. The van der Waals surface area contributed by atoms with Crippen LogP contribution in [0, 0.1) is 0 Å². The number of rotatable bonds is 6. The molecule has 0 aliphatic heterocycles. The van der Waals surface area contributed by atoms with Crippen molar-refractivity contribution in [3.63, 3.8) is 0 Å². The van der Waals surface area contributed by atoms with Crippen LogP contribution in [0.3, 0.4) is 0 Å². The lowest BCUT2D eigenvalue weighted by molar-refractivity contribution is 0.112. The standard InChI is InChI=1S/C13H16O3/c1-4-10(2)9-16-12-6-5-11(8-14)7-13(12)15-3/h5-8H,2,4,9H2,1,3H3. The molecule has 16 heavy (non-hydrogen) atoms. The molecule has 0 radical (unpaired) electrons. The first kappa shape index (κ1) is 12.3. The molecule has 0 saturated carbocycles. The van der Waals surface area contributed by atoms with Crippen LogP contribution in [-0.2, 0) is 0 Å². The van der Waals surface area contributed by atoms with Crippen LogP contribution >= 0.6 is 0 Å². The lowest BCUT2D eigenvalue weighted by Crippen LogP contribution is -2.01. The van der Waals surface area contributed by atoms with E-state index >= 15 is 0 Å². The fourth-order valence-electron chi connectivity index (χ4n) is 1.16. The highest BCUT2D eigenvalue weighted by molar-refractivity contribution is 5.76. The van der Waals surface area contributed by atoms with Gasteiger partial charge in [0.05, 0.1) is 7.11 Å². The van der Waals surface area contributed by atoms with Gasteiger partial charge < -0.3 is 9.47 Å².